The van der Waals surface area contributed by atoms with Crippen LogP contribution in [0.1, 0.15) is 22.8 Å². The summed E-state index contributed by atoms with van der Waals surface area (Å²) in [6.45, 7) is 1.90. The van der Waals surface area contributed by atoms with Gasteiger partial charge < -0.3 is 19.9 Å². The van der Waals surface area contributed by atoms with Gasteiger partial charge in [-0.2, -0.15) is 0 Å². The molecule has 0 aliphatic carbocycles. The van der Waals surface area contributed by atoms with Crippen LogP contribution in [0.3, 0.4) is 0 Å². The summed E-state index contributed by atoms with van der Waals surface area (Å²) >= 11 is 3.34. The van der Waals surface area contributed by atoms with Crippen molar-refractivity contribution >= 4 is 21.8 Å². The number of rotatable bonds is 4. The third-order valence-electron chi connectivity index (χ3n) is 3.71. The SMILES string of the molecule is CC(O)(CNC(=O)c1ccccc1Br)c1ccc2c(c1)OCO2. The molecule has 23 heavy (non-hydrogen) atoms. The summed E-state index contributed by atoms with van der Waals surface area (Å²) in [5, 5.41) is 13.4. The Morgan fingerprint density at radius 1 is 1.26 bits per heavy atom. The minimum Gasteiger partial charge on any atom is -0.454 e. The lowest BCUT2D eigenvalue weighted by atomic mass is 9.95. The van der Waals surface area contributed by atoms with Gasteiger partial charge in [0.1, 0.15) is 5.60 Å². The number of halogens is 1. The maximum atomic E-state index is 12.2. The van der Waals surface area contributed by atoms with E-state index in [1.54, 1.807) is 43.3 Å². The number of hydrogen-bond acceptors (Lipinski definition) is 4. The maximum Gasteiger partial charge on any atom is 0.252 e. The summed E-state index contributed by atoms with van der Waals surface area (Å²) in [7, 11) is 0. The first-order valence-corrected chi connectivity index (χ1v) is 7.92. The molecule has 1 unspecified atom stereocenters. The molecule has 1 aliphatic rings. The van der Waals surface area contributed by atoms with Gasteiger partial charge >= 0.3 is 0 Å². The number of amides is 1. The summed E-state index contributed by atoms with van der Waals surface area (Å²) in [6, 6.07) is 12.4. The van der Waals surface area contributed by atoms with Gasteiger partial charge in [0, 0.05) is 4.47 Å². The van der Waals surface area contributed by atoms with E-state index in [2.05, 4.69) is 21.2 Å². The van der Waals surface area contributed by atoms with Crippen molar-refractivity contribution in [3.8, 4) is 11.5 Å². The molecular weight excluding hydrogens is 362 g/mol. The van der Waals surface area contributed by atoms with Crippen LogP contribution in [-0.4, -0.2) is 24.4 Å². The molecule has 1 amide bonds. The Morgan fingerprint density at radius 3 is 2.78 bits per heavy atom. The quantitative estimate of drug-likeness (QED) is 0.859. The van der Waals surface area contributed by atoms with E-state index in [0.717, 1.165) is 0 Å². The molecule has 120 valence electrons. The lowest BCUT2D eigenvalue weighted by Crippen LogP contribution is -2.38. The van der Waals surface area contributed by atoms with Crippen LogP contribution in [0.25, 0.3) is 0 Å². The molecule has 0 spiro atoms. The van der Waals surface area contributed by atoms with Crippen LogP contribution in [-0.2, 0) is 5.60 Å². The maximum absolute atomic E-state index is 12.2. The monoisotopic (exact) mass is 377 g/mol. The summed E-state index contributed by atoms with van der Waals surface area (Å²) in [4.78, 5) is 12.2. The molecule has 2 aromatic carbocycles. The molecule has 0 saturated heterocycles. The number of ether oxygens (including phenoxy) is 2. The zero-order valence-electron chi connectivity index (χ0n) is 12.5. The molecule has 1 atom stereocenters. The van der Waals surface area contributed by atoms with E-state index in [1.165, 1.54) is 0 Å². The fourth-order valence-corrected chi connectivity index (χ4v) is 2.79. The van der Waals surface area contributed by atoms with Gasteiger partial charge in [0.25, 0.3) is 5.91 Å². The third kappa shape index (κ3) is 3.33. The molecule has 5 nitrogen and oxygen atoms in total. The van der Waals surface area contributed by atoms with Crippen molar-refractivity contribution in [2.24, 2.45) is 0 Å². The van der Waals surface area contributed by atoms with Crippen molar-refractivity contribution in [1.82, 2.24) is 5.32 Å². The average Bonchev–Trinajstić information content (AvgIpc) is 3.00. The summed E-state index contributed by atoms with van der Waals surface area (Å²) in [6.07, 6.45) is 0. The molecule has 0 aromatic heterocycles. The van der Waals surface area contributed by atoms with Crippen molar-refractivity contribution in [2.45, 2.75) is 12.5 Å². The van der Waals surface area contributed by atoms with Gasteiger partial charge in [-0.3, -0.25) is 4.79 Å². The van der Waals surface area contributed by atoms with E-state index in [-0.39, 0.29) is 19.2 Å². The fourth-order valence-electron chi connectivity index (χ4n) is 2.33. The highest BCUT2D eigenvalue weighted by atomic mass is 79.9. The van der Waals surface area contributed by atoms with Crippen molar-refractivity contribution in [3.05, 3.63) is 58.1 Å². The molecule has 0 radical (unpaired) electrons. The average molecular weight is 378 g/mol. The second kappa shape index (κ2) is 6.22. The molecule has 0 saturated carbocycles. The number of aliphatic hydroxyl groups is 1. The molecule has 1 aliphatic heterocycles. The molecular formula is C17H16BrNO4. The van der Waals surface area contributed by atoms with E-state index in [9.17, 15) is 9.90 Å². The largest absolute Gasteiger partial charge is 0.454 e. The van der Waals surface area contributed by atoms with Gasteiger partial charge in [-0.1, -0.05) is 18.2 Å². The van der Waals surface area contributed by atoms with E-state index in [1.807, 2.05) is 6.07 Å². The van der Waals surface area contributed by atoms with Gasteiger partial charge in [-0.05, 0) is 52.7 Å². The van der Waals surface area contributed by atoms with Crippen LogP contribution in [0, 0.1) is 0 Å². The van der Waals surface area contributed by atoms with Crippen molar-refractivity contribution in [3.63, 3.8) is 0 Å². The van der Waals surface area contributed by atoms with Gasteiger partial charge in [-0.25, -0.2) is 0 Å². The highest BCUT2D eigenvalue weighted by molar-refractivity contribution is 9.10. The minimum absolute atomic E-state index is 0.0762. The topological polar surface area (TPSA) is 67.8 Å². The Labute approximate surface area is 142 Å². The zero-order valence-corrected chi connectivity index (χ0v) is 14.1. The van der Waals surface area contributed by atoms with Crippen LogP contribution >= 0.6 is 15.9 Å². The number of carbonyl (C=O) groups excluding carboxylic acids is 1. The van der Waals surface area contributed by atoms with Crippen LogP contribution in [0.5, 0.6) is 11.5 Å². The fraction of sp³-hybridized carbons (Fsp3) is 0.235. The highest BCUT2D eigenvalue weighted by Gasteiger charge is 2.27. The Balaban J connectivity index is 1.71. The first-order chi connectivity index (χ1) is 11.0. The van der Waals surface area contributed by atoms with E-state index >= 15 is 0 Å². The third-order valence-corrected chi connectivity index (χ3v) is 4.40. The smallest absolute Gasteiger partial charge is 0.252 e. The number of carbonyl (C=O) groups is 1. The van der Waals surface area contributed by atoms with E-state index in [0.29, 0.717) is 27.1 Å². The number of fused-ring (bicyclic) bond motifs is 1. The molecule has 6 heteroatoms. The van der Waals surface area contributed by atoms with Gasteiger partial charge in [0.2, 0.25) is 6.79 Å². The Bertz CT molecular complexity index is 745. The Hall–Kier alpha value is -2.05. The molecule has 1 heterocycles. The van der Waals surface area contributed by atoms with Crippen molar-refractivity contribution in [1.29, 1.82) is 0 Å². The van der Waals surface area contributed by atoms with Crippen LogP contribution < -0.4 is 14.8 Å². The Morgan fingerprint density at radius 2 is 2.00 bits per heavy atom. The summed E-state index contributed by atoms with van der Waals surface area (Å²) < 4.78 is 11.3. The predicted octanol–water partition coefficient (Wildman–Crippen LogP) is 2.82. The highest BCUT2D eigenvalue weighted by Crippen LogP contribution is 2.35. The molecule has 2 aromatic rings. The van der Waals surface area contributed by atoms with E-state index in [4.69, 9.17) is 9.47 Å². The Kier molecular flexibility index (Phi) is 4.28. The van der Waals surface area contributed by atoms with Crippen LogP contribution in [0.4, 0.5) is 0 Å². The first kappa shape index (κ1) is 15.8. The van der Waals surface area contributed by atoms with E-state index < -0.39 is 5.60 Å². The van der Waals surface area contributed by atoms with Crippen molar-refractivity contribution < 1.29 is 19.4 Å². The molecule has 0 bridgehead atoms. The lowest BCUT2D eigenvalue weighted by molar-refractivity contribution is 0.0524. The molecule has 2 N–H and O–H groups in total. The normalized spacial score (nSPS) is 15.1. The summed E-state index contributed by atoms with van der Waals surface area (Å²) in [5.41, 5.74) is -0.0547. The number of benzene rings is 2. The van der Waals surface area contributed by atoms with Gasteiger partial charge in [0.05, 0.1) is 12.1 Å². The number of nitrogens with one attached hydrogen (secondary N) is 1. The van der Waals surface area contributed by atoms with Crippen molar-refractivity contribution in [2.75, 3.05) is 13.3 Å². The van der Waals surface area contributed by atoms with Crippen LogP contribution in [0.2, 0.25) is 0 Å². The lowest BCUT2D eigenvalue weighted by Gasteiger charge is -2.24. The standard InChI is InChI=1S/C17H16BrNO4/c1-17(21,11-6-7-14-15(8-11)23-10-22-14)9-19-16(20)12-4-2-3-5-13(12)18/h2-8,21H,9-10H2,1H3,(H,19,20). The number of hydrogen-bond donors (Lipinski definition) is 2. The molecule has 3 rings (SSSR count). The van der Waals surface area contributed by atoms with Gasteiger partial charge in [0.15, 0.2) is 11.5 Å². The van der Waals surface area contributed by atoms with Crippen LogP contribution in [0.15, 0.2) is 46.9 Å². The van der Waals surface area contributed by atoms with Gasteiger partial charge in [-0.15, -0.1) is 0 Å². The molecule has 0 fully saturated rings. The first-order valence-electron chi connectivity index (χ1n) is 7.12. The second-order valence-corrected chi connectivity index (χ2v) is 6.36. The second-order valence-electron chi connectivity index (χ2n) is 5.50. The zero-order chi connectivity index (χ0) is 16.4. The predicted molar refractivity (Wildman–Crippen MR) is 88.6 cm³/mol. The summed E-state index contributed by atoms with van der Waals surface area (Å²) in [5.74, 6) is 1.00. The minimum atomic E-state index is -1.22.